The van der Waals surface area contributed by atoms with E-state index >= 15 is 0 Å². The van der Waals surface area contributed by atoms with Gasteiger partial charge in [0.15, 0.2) is 0 Å². The average molecular weight is 293 g/mol. The minimum absolute atomic E-state index is 0.146. The highest BCUT2D eigenvalue weighted by Gasteiger charge is 2.25. The zero-order chi connectivity index (χ0) is 15.5. The third-order valence-electron chi connectivity index (χ3n) is 3.00. The van der Waals surface area contributed by atoms with Gasteiger partial charge in [-0.05, 0) is 0 Å². The molecule has 0 spiro atoms. The van der Waals surface area contributed by atoms with Gasteiger partial charge in [0.1, 0.15) is 6.04 Å². The van der Waals surface area contributed by atoms with Crippen molar-refractivity contribution in [3.8, 4) is 0 Å². The van der Waals surface area contributed by atoms with Gasteiger partial charge in [0.25, 0.3) is 0 Å². The number of hydrogen-bond donors (Lipinski definition) is 3. The van der Waals surface area contributed by atoms with Gasteiger partial charge in [-0.15, -0.1) is 12.3 Å². The highest BCUT2D eigenvalue weighted by molar-refractivity contribution is 5.84. The molecule has 6 nitrogen and oxygen atoms in total. The van der Waals surface area contributed by atoms with Crippen molar-refractivity contribution in [1.29, 1.82) is 0 Å². The Morgan fingerprint density at radius 2 is 2.43 bits per heavy atom. The first-order valence-corrected chi connectivity index (χ1v) is 6.79. The fourth-order valence-electron chi connectivity index (χ4n) is 1.83. The van der Waals surface area contributed by atoms with Crippen molar-refractivity contribution < 1.29 is 14.6 Å². The van der Waals surface area contributed by atoms with Crippen LogP contribution >= 0.6 is 0 Å². The van der Waals surface area contributed by atoms with Crippen molar-refractivity contribution in [2.45, 2.75) is 6.04 Å². The minimum Gasteiger partial charge on any atom is -0.381 e. The molecule has 1 atom stereocenters. The maximum atomic E-state index is 12.0. The Bertz CT molecular complexity index is 428. The van der Waals surface area contributed by atoms with Crippen molar-refractivity contribution in [2.75, 3.05) is 39.7 Å². The highest BCUT2D eigenvalue weighted by Crippen LogP contribution is 2.08. The lowest BCUT2D eigenvalue weighted by molar-refractivity contribution is -0.125. The van der Waals surface area contributed by atoms with E-state index in [2.05, 4.69) is 29.5 Å². The molecule has 1 amide bonds. The second-order valence-electron chi connectivity index (χ2n) is 4.52. The van der Waals surface area contributed by atoms with Crippen LogP contribution in [0.1, 0.15) is 0 Å². The molecule has 116 valence electrons. The van der Waals surface area contributed by atoms with E-state index in [1.165, 1.54) is 0 Å². The zero-order valence-corrected chi connectivity index (χ0v) is 12.2. The molecule has 0 aromatic rings. The lowest BCUT2D eigenvalue weighted by Crippen LogP contribution is -2.44. The maximum absolute atomic E-state index is 12.0. The molecule has 0 bridgehead atoms. The Balaban J connectivity index is 2.28. The first-order chi connectivity index (χ1) is 10.2. The zero-order valence-electron chi connectivity index (χ0n) is 12.2. The molecule has 21 heavy (non-hydrogen) atoms. The lowest BCUT2D eigenvalue weighted by atomic mass is 10.2. The standard InChI is InChI=1S/C15H23N3O3/c1-3-7-16-11-21-10-13(4-2)9-17-15(20)14-6-5-8-18(14)12-19/h3,5-6,14,16,19H,1-2,7-12H2,(H,17,20)/t14-/m0/s1. The van der Waals surface area contributed by atoms with Crippen molar-refractivity contribution >= 4 is 5.91 Å². The van der Waals surface area contributed by atoms with E-state index in [-0.39, 0.29) is 12.6 Å². The summed E-state index contributed by atoms with van der Waals surface area (Å²) < 4.78 is 5.37. The Morgan fingerprint density at radius 3 is 3.10 bits per heavy atom. The third-order valence-corrected chi connectivity index (χ3v) is 3.00. The molecule has 3 N–H and O–H groups in total. The van der Waals surface area contributed by atoms with E-state index in [1.807, 2.05) is 6.08 Å². The van der Waals surface area contributed by atoms with E-state index in [9.17, 15) is 4.79 Å². The van der Waals surface area contributed by atoms with Crippen molar-refractivity contribution in [3.63, 3.8) is 0 Å². The molecule has 1 aliphatic rings. The fourth-order valence-corrected chi connectivity index (χ4v) is 1.83. The number of amides is 1. The molecule has 0 saturated heterocycles. The van der Waals surface area contributed by atoms with Gasteiger partial charge in [0.2, 0.25) is 5.91 Å². The molecule has 6 heteroatoms. The van der Waals surface area contributed by atoms with Gasteiger partial charge in [0.05, 0.1) is 20.1 Å². The molecule has 0 fully saturated rings. The van der Waals surface area contributed by atoms with Gasteiger partial charge in [-0.1, -0.05) is 24.8 Å². The third kappa shape index (κ3) is 6.08. The number of hydrogen-bond acceptors (Lipinski definition) is 5. The second kappa shape index (κ2) is 10.1. The summed E-state index contributed by atoms with van der Waals surface area (Å²) in [6.45, 7) is 9.36. The summed E-state index contributed by atoms with van der Waals surface area (Å²) in [5.41, 5.74) is 3.53. The quantitative estimate of drug-likeness (QED) is 0.224. The normalized spacial score (nSPS) is 17.5. The SMILES string of the molecule is C=C=C(CNC(=O)[C@@H]1C=CCN1CO)COCNCC=C. The van der Waals surface area contributed by atoms with Crippen molar-refractivity contribution in [2.24, 2.45) is 0 Å². The van der Waals surface area contributed by atoms with Gasteiger partial charge in [-0.3, -0.25) is 15.0 Å². The van der Waals surface area contributed by atoms with E-state index in [1.54, 1.807) is 17.1 Å². The average Bonchev–Trinajstić information content (AvgIpc) is 2.98. The topological polar surface area (TPSA) is 73.8 Å². The largest absolute Gasteiger partial charge is 0.381 e. The molecule has 1 aliphatic heterocycles. The van der Waals surface area contributed by atoms with Gasteiger partial charge in [-0.2, -0.15) is 0 Å². The summed E-state index contributed by atoms with van der Waals surface area (Å²) in [7, 11) is 0. The van der Waals surface area contributed by atoms with Crippen LogP contribution in [0.15, 0.2) is 42.7 Å². The van der Waals surface area contributed by atoms with E-state index in [0.29, 0.717) is 33.0 Å². The number of aliphatic hydroxyl groups excluding tert-OH is 1. The summed E-state index contributed by atoms with van der Waals surface area (Å²) in [4.78, 5) is 13.7. The van der Waals surface area contributed by atoms with Crippen LogP contribution in [0.25, 0.3) is 0 Å². The molecule has 0 saturated carbocycles. The van der Waals surface area contributed by atoms with Gasteiger partial charge < -0.3 is 15.2 Å². The predicted octanol–water partition coefficient (Wildman–Crippen LogP) is -0.246. The number of aliphatic hydroxyl groups is 1. The maximum Gasteiger partial charge on any atom is 0.241 e. The number of carbonyl (C=O) groups is 1. The first-order valence-electron chi connectivity index (χ1n) is 6.79. The molecule has 0 unspecified atom stereocenters. The van der Waals surface area contributed by atoms with Crippen LogP contribution < -0.4 is 10.6 Å². The highest BCUT2D eigenvalue weighted by atomic mass is 16.5. The molecule has 0 radical (unpaired) electrons. The lowest BCUT2D eigenvalue weighted by Gasteiger charge is -2.20. The van der Waals surface area contributed by atoms with Crippen LogP contribution in [0.2, 0.25) is 0 Å². The minimum atomic E-state index is -0.420. The summed E-state index contributed by atoms with van der Waals surface area (Å²) in [5.74, 6) is -0.157. The summed E-state index contributed by atoms with van der Waals surface area (Å²) in [5, 5.41) is 14.9. The monoisotopic (exact) mass is 293 g/mol. The molecule has 0 aliphatic carbocycles. The van der Waals surface area contributed by atoms with Gasteiger partial charge in [0, 0.05) is 25.2 Å². The Hall–Kier alpha value is -1.69. The second-order valence-corrected chi connectivity index (χ2v) is 4.52. The van der Waals surface area contributed by atoms with E-state index < -0.39 is 6.04 Å². The smallest absolute Gasteiger partial charge is 0.241 e. The summed E-state index contributed by atoms with van der Waals surface area (Å²) in [6.07, 6.45) is 5.38. The van der Waals surface area contributed by atoms with Crippen molar-refractivity contribution in [3.05, 3.63) is 42.7 Å². The number of carbonyl (C=O) groups excluding carboxylic acids is 1. The van der Waals surface area contributed by atoms with Crippen LogP contribution in [-0.4, -0.2) is 61.7 Å². The van der Waals surface area contributed by atoms with Crippen LogP contribution in [0, 0.1) is 0 Å². The van der Waals surface area contributed by atoms with Crippen LogP contribution in [0.5, 0.6) is 0 Å². The number of ether oxygens (including phenoxy) is 1. The van der Waals surface area contributed by atoms with Gasteiger partial charge in [-0.25, -0.2) is 0 Å². The molecule has 1 rings (SSSR count). The molecular formula is C15H23N3O3. The first kappa shape index (κ1) is 17.4. The number of rotatable bonds is 10. The molecule has 1 heterocycles. The Labute approximate surface area is 125 Å². The number of nitrogens with one attached hydrogen (secondary N) is 2. The predicted molar refractivity (Wildman–Crippen MR) is 81.4 cm³/mol. The van der Waals surface area contributed by atoms with E-state index in [0.717, 1.165) is 5.57 Å². The van der Waals surface area contributed by atoms with Crippen LogP contribution in [0.4, 0.5) is 0 Å². The number of nitrogens with zero attached hydrogens (tertiary/aromatic N) is 1. The summed E-state index contributed by atoms with van der Waals surface area (Å²) >= 11 is 0. The molecular weight excluding hydrogens is 270 g/mol. The Morgan fingerprint density at radius 1 is 1.62 bits per heavy atom. The van der Waals surface area contributed by atoms with Crippen molar-refractivity contribution in [1.82, 2.24) is 15.5 Å². The van der Waals surface area contributed by atoms with Gasteiger partial charge >= 0.3 is 0 Å². The summed E-state index contributed by atoms with van der Waals surface area (Å²) in [6, 6.07) is -0.420. The Kier molecular flexibility index (Phi) is 8.35. The fraction of sp³-hybridized carbons (Fsp3) is 0.467. The van der Waals surface area contributed by atoms with E-state index in [4.69, 9.17) is 9.84 Å². The van der Waals surface area contributed by atoms with Crippen LogP contribution in [0.3, 0.4) is 0 Å². The van der Waals surface area contributed by atoms with Crippen LogP contribution in [-0.2, 0) is 9.53 Å². The molecule has 0 aromatic heterocycles. The molecule has 0 aromatic carbocycles.